The summed E-state index contributed by atoms with van der Waals surface area (Å²) in [5.41, 5.74) is -1.41. The normalized spacial score (nSPS) is 11.5. The van der Waals surface area contributed by atoms with E-state index in [4.69, 9.17) is 5.11 Å². The Morgan fingerprint density at radius 2 is 1.80 bits per heavy atom. The molecule has 0 atom stereocenters. The molecule has 0 saturated carbocycles. The molecule has 1 aromatic carbocycles. The average Bonchev–Trinajstić information content (AvgIpc) is 2.13. The molecule has 15 heavy (non-hydrogen) atoms. The number of benzene rings is 1. The van der Waals surface area contributed by atoms with Crippen LogP contribution in [0.15, 0.2) is 12.1 Å². The minimum atomic E-state index is -1.43. The molecule has 1 N–H and O–H groups in total. The lowest BCUT2D eigenvalue weighted by Crippen LogP contribution is -2.30. The van der Waals surface area contributed by atoms with Crippen LogP contribution in [0.5, 0.6) is 0 Å². The number of carboxylic acids is 1. The Hall–Kier alpha value is -1.45. The smallest absolute Gasteiger partial charge is 0.313 e. The summed E-state index contributed by atoms with van der Waals surface area (Å²) in [6, 6.07) is 2.68. The van der Waals surface area contributed by atoms with Crippen LogP contribution < -0.4 is 0 Å². The Kier molecular flexibility index (Phi) is 2.79. The lowest BCUT2D eigenvalue weighted by molar-refractivity contribution is -0.142. The molecule has 82 valence electrons. The van der Waals surface area contributed by atoms with Crippen LogP contribution in [-0.2, 0) is 10.2 Å². The first-order chi connectivity index (χ1) is 6.78. The Morgan fingerprint density at radius 3 is 2.27 bits per heavy atom. The predicted molar refractivity (Wildman–Crippen MR) is 51.8 cm³/mol. The molecule has 4 heteroatoms. The van der Waals surface area contributed by atoms with Gasteiger partial charge < -0.3 is 5.11 Å². The molecule has 0 bridgehead atoms. The summed E-state index contributed by atoms with van der Waals surface area (Å²) in [4.78, 5) is 10.9. The zero-order valence-electron chi connectivity index (χ0n) is 8.77. The van der Waals surface area contributed by atoms with Gasteiger partial charge in [-0.3, -0.25) is 4.79 Å². The summed E-state index contributed by atoms with van der Waals surface area (Å²) < 4.78 is 26.7. The van der Waals surface area contributed by atoms with Gasteiger partial charge in [0.2, 0.25) is 0 Å². The number of hydrogen-bond donors (Lipinski definition) is 1. The van der Waals surface area contributed by atoms with E-state index in [-0.39, 0.29) is 11.1 Å². The fourth-order valence-corrected chi connectivity index (χ4v) is 1.24. The number of carbonyl (C=O) groups is 1. The molecule has 0 aliphatic rings. The van der Waals surface area contributed by atoms with Gasteiger partial charge in [-0.1, -0.05) is 12.1 Å². The quantitative estimate of drug-likeness (QED) is 0.821. The van der Waals surface area contributed by atoms with Crippen LogP contribution in [0, 0.1) is 18.6 Å². The van der Waals surface area contributed by atoms with Crippen molar-refractivity contribution >= 4 is 5.97 Å². The van der Waals surface area contributed by atoms with Crippen molar-refractivity contribution in [3.8, 4) is 0 Å². The third-order valence-electron chi connectivity index (χ3n) is 2.48. The summed E-state index contributed by atoms with van der Waals surface area (Å²) in [5.74, 6) is -3.26. The van der Waals surface area contributed by atoms with Gasteiger partial charge in [-0.15, -0.1) is 0 Å². The monoisotopic (exact) mass is 214 g/mol. The molecule has 0 saturated heterocycles. The van der Waals surface area contributed by atoms with Gasteiger partial charge in [0.15, 0.2) is 11.6 Å². The second-order valence-electron chi connectivity index (χ2n) is 3.99. The SMILES string of the molecule is Cc1ccc(C(C)(C)C(=O)O)c(F)c1F. The van der Waals surface area contributed by atoms with Crippen LogP contribution in [0.25, 0.3) is 0 Å². The number of halogens is 2. The van der Waals surface area contributed by atoms with Crippen molar-refractivity contribution in [2.24, 2.45) is 0 Å². The van der Waals surface area contributed by atoms with Crippen molar-refractivity contribution in [3.05, 3.63) is 34.9 Å². The predicted octanol–water partition coefficient (Wildman–Crippen LogP) is 2.64. The maximum Gasteiger partial charge on any atom is 0.313 e. The highest BCUT2D eigenvalue weighted by atomic mass is 19.2. The molecule has 0 aromatic heterocycles. The van der Waals surface area contributed by atoms with Gasteiger partial charge in [-0.25, -0.2) is 8.78 Å². The molecule has 0 spiro atoms. The van der Waals surface area contributed by atoms with Crippen LogP contribution in [0.3, 0.4) is 0 Å². The molecular formula is C11H12F2O2. The second kappa shape index (κ2) is 3.61. The van der Waals surface area contributed by atoms with Gasteiger partial charge in [0, 0.05) is 5.56 Å². The third-order valence-corrected chi connectivity index (χ3v) is 2.48. The summed E-state index contributed by atoms with van der Waals surface area (Å²) >= 11 is 0. The van der Waals surface area contributed by atoms with E-state index in [1.54, 1.807) is 0 Å². The standard InChI is InChI=1S/C11H12F2O2/c1-6-4-5-7(9(13)8(6)12)11(2,3)10(14)15/h4-5H,1-3H3,(H,14,15). The first-order valence-corrected chi connectivity index (χ1v) is 4.47. The fraction of sp³-hybridized carbons (Fsp3) is 0.364. The maximum absolute atomic E-state index is 13.5. The average molecular weight is 214 g/mol. The van der Waals surface area contributed by atoms with Crippen molar-refractivity contribution in [1.82, 2.24) is 0 Å². The molecule has 1 rings (SSSR count). The number of carboxylic acid groups (broad SMARTS) is 1. The van der Waals surface area contributed by atoms with Gasteiger partial charge >= 0.3 is 5.97 Å². The van der Waals surface area contributed by atoms with Crippen LogP contribution in [0.2, 0.25) is 0 Å². The highest BCUT2D eigenvalue weighted by molar-refractivity contribution is 5.80. The van der Waals surface area contributed by atoms with E-state index in [0.717, 1.165) is 0 Å². The van der Waals surface area contributed by atoms with Crippen molar-refractivity contribution in [2.45, 2.75) is 26.2 Å². The van der Waals surface area contributed by atoms with E-state index in [2.05, 4.69) is 0 Å². The first kappa shape index (κ1) is 11.6. The summed E-state index contributed by atoms with van der Waals surface area (Å²) in [5, 5.41) is 8.89. The minimum absolute atomic E-state index is 0.141. The van der Waals surface area contributed by atoms with Crippen molar-refractivity contribution in [2.75, 3.05) is 0 Å². The number of aryl methyl sites for hydroxylation is 1. The van der Waals surface area contributed by atoms with Gasteiger partial charge in [0.1, 0.15) is 0 Å². The van der Waals surface area contributed by atoms with E-state index in [1.165, 1.54) is 32.9 Å². The van der Waals surface area contributed by atoms with Gasteiger partial charge in [0.25, 0.3) is 0 Å². The van der Waals surface area contributed by atoms with E-state index in [0.29, 0.717) is 0 Å². The van der Waals surface area contributed by atoms with E-state index < -0.39 is 23.0 Å². The van der Waals surface area contributed by atoms with Crippen LogP contribution in [0.1, 0.15) is 25.0 Å². The summed E-state index contributed by atoms with van der Waals surface area (Å²) in [7, 11) is 0. The molecule has 0 amide bonds. The molecule has 0 heterocycles. The van der Waals surface area contributed by atoms with Gasteiger partial charge in [0.05, 0.1) is 5.41 Å². The fourth-order valence-electron chi connectivity index (χ4n) is 1.24. The lowest BCUT2D eigenvalue weighted by Gasteiger charge is -2.20. The van der Waals surface area contributed by atoms with E-state index in [9.17, 15) is 13.6 Å². The largest absolute Gasteiger partial charge is 0.481 e. The van der Waals surface area contributed by atoms with Gasteiger partial charge in [-0.2, -0.15) is 0 Å². The molecule has 0 aliphatic carbocycles. The number of aliphatic carboxylic acids is 1. The highest BCUT2D eigenvalue weighted by Crippen LogP contribution is 2.28. The maximum atomic E-state index is 13.5. The van der Waals surface area contributed by atoms with E-state index in [1.807, 2.05) is 0 Å². The molecule has 0 aliphatic heterocycles. The first-order valence-electron chi connectivity index (χ1n) is 4.47. The number of rotatable bonds is 2. The van der Waals surface area contributed by atoms with Crippen LogP contribution >= 0.6 is 0 Å². The molecule has 0 fully saturated rings. The Bertz CT molecular complexity index is 411. The Balaban J connectivity index is 3.40. The molecule has 0 unspecified atom stereocenters. The van der Waals surface area contributed by atoms with E-state index >= 15 is 0 Å². The number of hydrogen-bond acceptors (Lipinski definition) is 1. The lowest BCUT2D eigenvalue weighted by atomic mass is 9.84. The van der Waals surface area contributed by atoms with Crippen molar-refractivity contribution in [3.63, 3.8) is 0 Å². The highest BCUT2D eigenvalue weighted by Gasteiger charge is 2.33. The molecule has 2 nitrogen and oxygen atoms in total. The van der Waals surface area contributed by atoms with Crippen molar-refractivity contribution in [1.29, 1.82) is 0 Å². The molecule has 0 radical (unpaired) electrons. The second-order valence-corrected chi connectivity index (χ2v) is 3.99. The topological polar surface area (TPSA) is 37.3 Å². The van der Waals surface area contributed by atoms with Crippen molar-refractivity contribution < 1.29 is 18.7 Å². The zero-order chi connectivity index (χ0) is 11.8. The summed E-state index contributed by atoms with van der Waals surface area (Å²) in [6.45, 7) is 4.10. The van der Waals surface area contributed by atoms with Gasteiger partial charge in [-0.05, 0) is 26.3 Å². The third kappa shape index (κ3) is 1.84. The molecule has 1 aromatic rings. The summed E-state index contributed by atoms with van der Waals surface area (Å²) in [6.07, 6.45) is 0. The molecular weight excluding hydrogens is 202 g/mol. The Morgan fingerprint density at radius 1 is 1.27 bits per heavy atom. The van der Waals surface area contributed by atoms with Crippen LogP contribution in [-0.4, -0.2) is 11.1 Å². The minimum Gasteiger partial charge on any atom is -0.481 e. The zero-order valence-corrected chi connectivity index (χ0v) is 8.77. The van der Waals surface area contributed by atoms with Crippen LogP contribution in [0.4, 0.5) is 8.78 Å². The Labute approximate surface area is 86.5 Å².